The van der Waals surface area contributed by atoms with Crippen LogP contribution in [0.5, 0.6) is 0 Å². The zero-order valence-corrected chi connectivity index (χ0v) is 8.44. The molecule has 0 heterocycles. The van der Waals surface area contributed by atoms with Crippen LogP contribution in [-0.2, 0) is 8.85 Å². The van der Waals surface area contributed by atoms with Gasteiger partial charge < -0.3 is 8.85 Å². The fourth-order valence-corrected chi connectivity index (χ4v) is 2.41. The Balaban J connectivity index is 3.69. The summed E-state index contributed by atoms with van der Waals surface area (Å²) in [6.45, 7) is 7.11. The Labute approximate surface area is 68.7 Å². The Morgan fingerprint density at radius 1 is 1.30 bits per heavy atom. The van der Waals surface area contributed by atoms with Gasteiger partial charge in [-0.3, -0.25) is 0 Å². The lowest BCUT2D eigenvalue weighted by molar-refractivity contribution is 0.199. The maximum atomic E-state index is 5.55. The van der Waals surface area contributed by atoms with E-state index in [1.165, 1.54) is 5.50 Å². The van der Waals surface area contributed by atoms with Gasteiger partial charge in [0.25, 0.3) is 0 Å². The van der Waals surface area contributed by atoms with Crippen LogP contribution in [0.25, 0.3) is 0 Å². The number of hydrogen-bond acceptors (Lipinski definition) is 2. The lowest BCUT2D eigenvalue weighted by Gasteiger charge is -2.22. The predicted molar refractivity (Wildman–Crippen MR) is 45.0 cm³/mol. The molecule has 0 aliphatic heterocycles. The molecule has 0 rings (SSSR count). The van der Waals surface area contributed by atoms with Crippen molar-refractivity contribution in [1.29, 1.82) is 0 Å². The largest absolute Gasteiger partial charge is 0.394 e. The summed E-state index contributed by atoms with van der Waals surface area (Å²) in [6.07, 6.45) is 0. The van der Waals surface area contributed by atoms with Gasteiger partial charge in [0.15, 0.2) is 0 Å². The molecule has 0 fully saturated rings. The molecule has 0 aromatic heterocycles. The van der Waals surface area contributed by atoms with Crippen LogP contribution in [0.4, 0.5) is 0 Å². The zero-order valence-electron chi connectivity index (χ0n) is 6.69. The van der Waals surface area contributed by atoms with Gasteiger partial charge in [0.2, 0.25) is 0 Å². The topological polar surface area (TPSA) is 18.5 Å². The van der Waals surface area contributed by atoms with Gasteiger partial charge in [-0.25, -0.2) is 0 Å². The molecule has 0 unspecified atom stereocenters. The Morgan fingerprint density at radius 2 is 1.70 bits per heavy atom. The van der Waals surface area contributed by atoms with Crippen LogP contribution >= 0.6 is 11.6 Å². The van der Waals surface area contributed by atoms with Gasteiger partial charge in [-0.1, -0.05) is 0 Å². The predicted octanol–water partition coefficient (Wildman–Crippen LogP) is 2.07. The Bertz CT molecular complexity index is 83.8. The standard InChI is InChI=1S/C6H14ClO2Si/c1-4-8-10(3,6-7)9-5-2/h6H,4-5H2,1-3H3. The van der Waals surface area contributed by atoms with Gasteiger partial charge in [0.05, 0.1) is 5.50 Å². The monoisotopic (exact) mass is 181 g/mol. The number of rotatable bonds is 5. The van der Waals surface area contributed by atoms with Crippen molar-refractivity contribution in [2.75, 3.05) is 13.2 Å². The van der Waals surface area contributed by atoms with E-state index in [9.17, 15) is 0 Å². The van der Waals surface area contributed by atoms with Crippen LogP contribution in [0.3, 0.4) is 0 Å². The van der Waals surface area contributed by atoms with Crippen molar-refractivity contribution in [2.24, 2.45) is 0 Å². The van der Waals surface area contributed by atoms with Gasteiger partial charge in [0.1, 0.15) is 0 Å². The first-order chi connectivity index (χ1) is 4.68. The van der Waals surface area contributed by atoms with Crippen molar-refractivity contribution in [1.82, 2.24) is 0 Å². The fourth-order valence-electron chi connectivity index (χ4n) is 0.678. The average molecular weight is 182 g/mol. The van der Waals surface area contributed by atoms with Gasteiger partial charge >= 0.3 is 8.56 Å². The summed E-state index contributed by atoms with van der Waals surface area (Å²) >= 11 is 5.55. The van der Waals surface area contributed by atoms with E-state index in [1.807, 2.05) is 20.4 Å². The van der Waals surface area contributed by atoms with Crippen molar-refractivity contribution in [3.8, 4) is 0 Å². The van der Waals surface area contributed by atoms with E-state index in [0.717, 1.165) is 0 Å². The van der Waals surface area contributed by atoms with Crippen LogP contribution in [0.1, 0.15) is 13.8 Å². The summed E-state index contributed by atoms with van der Waals surface area (Å²) in [5.41, 5.74) is 1.53. The van der Waals surface area contributed by atoms with Gasteiger partial charge in [-0.15, -0.1) is 11.6 Å². The Morgan fingerprint density at radius 3 is 1.90 bits per heavy atom. The first kappa shape index (κ1) is 10.4. The van der Waals surface area contributed by atoms with E-state index < -0.39 is 8.56 Å². The highest BCUT2D eigenvalue weighted by atomic mass is 35.5. The fraction of sp³-hybridized carbons (Fsp3) is 0.833. The lowest BCUT2D eigenvalue weighted by Crippen LogP contribution is -2.38. The average Bonchev–Trinajstić information content (AvgIpc) is 1.89. The minimum atomic E-state index is -2.08. The molecule has 10 heavy (non-hydrogen) atoms. The van der Waals surface area contributed by atoms with E-state index in [0.29, 0.717) is 13.2 Å². The maximum Gasteiger partial charge on any atom is 0.354 e. The lowest BCUT2D eigenvalue weighted by atomic mass is 10.9. The third-order valence-corrected chi connectivity index (χ3v) is 4.37. The molecule has 0 aromatic carbocycles. The van der Waals surface area contributed by atoms with Crippen LogP contribution in [-0.4, -0.2) is 21.8 Å². The van der Waals surface area contributed by atoms with Crippen molar-refractivity contribution in [3.63, 3.8) is 0 Å². The molecular weight excluding hydrogens is 168 g/mol. The van der Waals surface area contributed by atoms with Crippen molar-refractivity contribution in [3.05, 3.63) is 5.50 Å². The molecule has 1 radical (unpaired) electrons. The van der Waals surface area contributed by atoms with Crippen LogP contribution in [0.2, 0.25) is 6.55 Å². The summed E-state index contributed by atoms with van der Waals surface area (Å²) in [4.78, 5) is 0. The molecule has 2 nitrogen and oxygen atoms in total. The molecule has 0 atom stereocenters. The molecule has 0 saturated carbocycles. The summed E-state index contributed by atoms with van der Waals surface area (Å²) in [5.74, 6) is 0. The van der Waals surface area contributed by atoms with Crippen LogP contribution in [0, 0.1) is 5.50 Å². The maximum absolute atomic E-state index is 5.55. The van der Waals surface area contributed by atoms with E-state index in [2.05, 4.69) is 0 Å². The van der Waals surface area contributed by atoms with Crippen molar-refractivity contribution < 1.29 is 8.85 Å². The molecule has 0 aliphatic rings. The second kappa shape index (κ2) is 5.13. The van der Waals surface area contributed by atoms with E-state index >= 15 is 0 Å². The molecule has 0 bridgehead atoms. The highest BCUT2D eigenvalue weighted by Crippen LogP contribution is 2.12. The second-order valence-electron chi connectivity index (χ2n) is 1.99. The molecule has 0 spiro atoms. The van der Waals surface area contributed by atoms with Crippen LogP contribution < -0.4 is 0 Å². The minimum absolute atomic E-state index is 0.659. The third-order valence-electron chi connectivity index (χ3n) is 1.06. The second-order valence-corrected chi connectivity index (χ2v) is 5.47. The highest BCUT2D eigenvalue weighted by Gasteiger charge is 2.29. The molecule has 0 aromatic rings. The molecular formula is C6H14ClO2Si. The Kier molecular flexibility index (Phi) is 5.35. The molecule has 0 saturated heterocycles. The highest BCUT2D eigenvalue weighted by molar-refractivity contribution is 6.78. The SMILES string of the molecule is CCO[Si](C)([CH]Cl)OCC. The summed E-state index contributed by atoms with van der Waals surface area (Å²) in [6, 6.07) is 0. The number of halogens is 1. The minimum Gasteiger partial charge on any atom is -0.394 e. The first-order valence-corrected chi connectivity index (χ1v) is 6.24. The Hall–Kier alpha value is 0.427. The van der Waals surface area contributed by atoms with Gasteiger partial charge in [-0.05, 0) is 20.4 Å². The van der Waals surface area contributed by atoms with Crippen molar-refractivity contribution >= 4 is 20.2 Å². The zero-order chi connectivity index (χ0) is 8.04. The smallest absolute Gasteiger partial charge is 0.354 e. The molecule has 0 N–H and O–H groups in total. The van der Waals surface area contributed by atoms with Crippen LogP contribution in [0.15, 0.2) is 0 Å². The summed E-state index contributed by atoms with van der Waals surface area (Å²) in [7, 11) is -2.08. The van der Waals surface area contributed by atoms with E-state index in [1.54, 1.807) is 0 Å². The third kappa shape index (κ3) is 3.56. The molecule has 0 amide bonds. The normalized spacial score (nSPS) is 12.0. The van der Waals surface area contributed by atoms with E-state index in [4.69, 9.17) is 20.5 Å². The molecule has 61 valence electrons. The quantitative estimate of drug-likeness (QED) is 0.605. The van der Waals surface area contributed by atoms with Gasteiger partial charge in [-0.2, -0.15) is 0 Å². The van der Waals surface area contributed by atoms with Crippen molar-refractivity contribution in [2.45, 2.75) is 20.4 Å². The van der Waals surface area contributed by atoms with Gasteiger partial charge in [0, 0.05) is 13.2 Å². The molecule has 0 aliphatic carbocycles. The first-order valence-electron chi connectivity index (χ1n) is 3.41. The summed E-state index contributed by atoms with van der Waals surface area (Å²) in [5, 5.41) is 0. The molecule has 4 heteroatoms. The number of hydrogen-bond donors (Lipinski definition) is 0. The van der Waals surface area contributed by atoms with E-state index in [-0.39, 0.29) is 0 Å². The summed E-state index contributed by atoms with van der Waals surface area (Å²) < 4.78 is 10.7.